The lowest BCUT2D eigenvalue weighted by Gasteiger charge is -2.22. The van der Waals surface area contributed by atoms with Gasteiger partial charge < -0.3 is 5.32 Å². The summed E-state index contributed by atoms with van der Waals surface area (Å²) in [5.74, 6) is -1.14. The lowest BCUT2D eigenvalue weighted by molar-refractivity contribution is 0.583. The summed E-state index contributed by atoms with van der Waals surface area (Å²) < 4.78 is 26.7. The zero-order chi connectivity index (χ0) is 27.4. The second-order valence-corrected chi connectivity index (χ2v) is 9.22. The Hall–Kier alpha value is -5.87. The molecule has 2 aromatic carbocycles. The maximum absolute atomic E-state index is 13.4. The first-order chi connectivity index (χ1) is 19.6. The topological polar surface area (TPSA) is 122 Å². The Bertz CT molecular complexity index is 1960. The average molecular weight is 524 g/mol. The Morgan fingerprint density at radius 1 is 0.700 bits per heavy atom. The van der Waals surface area contributed by atoms with Crippen LogP contribution in [0.15, 0.2) is 93.7 Å². The molecule has 7 rings (SSSR count). The first-order valence-electron chi connectivity index (χ1n) is 12.1. The number of allylic oxidation sites excluding steroid dienone is 1. The molecular formula is C30H14F2N8. The normalized spacial score (nSPS) is 18.3. The van der Waals surface area contributed by atoms with Gasteiger partial charge in [-0.2, -0.15) is 29.3 Å². The monoisotopic (exact) mass is 524 g/mol. The van der Waals surface area contributed by atoms with Crippen LogP contribution >= 0.6 is 0 Å². The van der Waals surface area contributed by atoms with E-state index in [4.69, 9.17) is 4.99 Å². The first-order valence-corrected chi connectivity index (χ1v) is 12.1. The van der Waals surface area contributed by atoms with E-state index < -0.39 is 17.9 Å². The van der Waals surface area contributed by atoms with Crippen molar-refractivity contribution in [2.24, 2.45) is 15.0 Å². The average Bonchev–Trinajstić information content (AvgIpc) is 3.44. The minimum absolute atomic E-state index is 0.407. The molecule has 2 aromatic heterocycles. The van der Waals surface area contributed by atoms with Crippen molar-refractivity contribution in [1.82, 2.24) is 15.3 Å². The summed E-state index contributed by atoms with van der Waals surface area (Å²) >= 11 is 0. The van der Waals surface area contributed by atoms with Crippen LogP contribution in [-0.2, 0) is 0 Å². The molecule has 0 fully saturated rings. The molecule has 0 bridgehead atoms. The number of halogens is 2. The molecule has 3 heterocycles. The summed E-state index contributed by atoms with van der Waals surface area (Å²) in [6.07, 6.45) is 6.68. The van der Waals surface area contributed by atoms with Gasteiger partial charge in [0.15, 0.2) is 0 Å². The highest BCUT2D eigenvalue weighted by molar-refractivity contribution is 6.37. The molecule has 1 unspecified atom stereocenters. The Morgan fingerprint density at radius 2 is 1.30 bits per heavy atom. The van der Waals surface area contributed by atoms with Crippen LogP contribution in [0.1, 0.15) is 22.3 Å². The predicted octanol–water partition coefficient (Wildman–Crippen LogP) is 4.79. The van der Waals surface area contributed by atoms with E-state index in [1.807, 2.05) is 48.8 Å². The highest BCUT2D eigenvalue weighted by atomic mass is 19.1. The fourth-order valence-corrected chi connectivity index (χ4v) is 5.33. The summed E-state index contributed by atoms with van der Waals surface area (Å²) in [5.41, 5.74) is 8.72. The van der Waals surface area contributed by atoms with Gasteiger partial charge in [-0.3, -0.25) is 0 Å². The fourth-order valence-electron chi connectivity index (χ4n) is 5.33. The summed E-state index contributed by atoms with van der Waals surface area (Å²) in [5, 5.41) is 22.5. The zero-order valence-corrected chi connectivity index (χ0v) is 20.4. The van der Waals surface area contributed by atoms with E-state index in [2.05, 4.69) is 25.3 Å². The number of hydrogen-bond acceptors (Lipinski definition) is 8. The van der Waals surface area contributed by atoms with Gasteiger partial charge in [0.1, 0.15) is 17.5 Å². The van der Waals surface area contributed by atoms with Crippen molar-refractivity contribution < 1.29 is 8.78 Å². The zero-order valence-electron chi connectivity index (χ0n) is 20.4. The van der Waals surface area contributed by atoms with Gasteiger partial charge in [0.2, 0.25) is 24.3 Å². The van der Waals surface area contributed by atoms with E-state index in [9.17, 15) is 19.3 Å². The van der Waals surface area contributed by atoms with Gasteiger partial charge in [-0.15, -0.1) is 0 Å². The second-order valence-electron chi connectivity index (χ2n) is 9.22. The third-order valence-electron chi connectivity index (χ3n) is 7.10. The fraction of sp³-hybridized carbons (Fsp3) is 0.0333. The van der Waals surface area contributed by atoms with Crippen LogP contribution in [0.25, 0.3) is 28.0 Å². The lowest BCUT2D eigenvalue weighted by atomic mass is 10.00. The minimum atomic E-state index is -0.572. The molecule has 0 saturated heterocycles. The number of aromatic nitrogens is 2. The maximum atomic E-state index is 13.4. The van der Waals surface area contributed by atoms with Crippen LogP contribution < -0.4 is 5.32 Å². The molecule has 1 N–H and O–H groups in total. The Morgan fingerprint density at radius 3 is 1.90 bits per heavy atom. The Labute approximate surface area is 226 Å². The number of nitrogens with zero attached hydrogens (tertiary/aromatic N) is 7. The number of pyridine rings is 2. The number of benzene rings is 2. The van der Waals surface area contributed by atoms with E-state index >= 15 is 0 Å². The number of fused-ring (bicyclic) bond motifs is 5. The van der Waals surface area contributed by atoms with Crippen molar-refractivity contribution in [3.05, 3.63) is 113 Å². The van der Waals surface area contributed by atoms with E-state index in [-0.39, 0.29) is 0 Å². The molecule has 0 saturated carbocycles. The molecule has 0 amide bonds. The molecule has 0 radical (unpaired) electrons. The van der Waals surface area contributed by atoms with Crippen LogP contribution in [-0.4, -0.2) is 33.1 Å². The van der Waals surface area contributed by atoms with Crippen molar-refractivity contribution in [2.75, 3.05) is 0 Å². The van der Waals surface area contributed by atoms with Gasteiger partial charge in [0, 0.05) is 45.8 Å². The molecular weight excluding hydrogens is 510 g/mol. The number of nitriles is 2. The van der Waals surface area contributed by atoms with Gasteiger partial charge in [0.25, 0.3) is 0 Å². The number of nitrogens with one attached hydrogen (secondary N) is 1. The third kappa shape index (κ3) is 3.51. The molecule has 1 aliphatic heterocycles. The van der Waals surface area contributed by atoms with Gasteiger partial charge in [0.05, 0.1) is 17.1 Å². The van der Waals surface area contributed by atoms with Gasteiger partial charge in [-0.25, -0.2) is 15.0 Å². The van der Waals surface area contributed by atoms with Gasteiger partial charge in [-0.1, -0.05) is 24.3 Å². The van der Waals surface area contributed by atoms with Crippen LogP contribution in [0.2, 0.25) is 0 Å². The smallest absolute Gasteiger partial charge is 0.212 e. The summed E-state index contributed by atoms with van der Waals surface area (Å²) in [6, 6.07) is 16.6. The van der Waals surface area contributed by atoms with E-state index in [1.165, 1.54) is 24.5 Å². The van der Waals surface area contributed by atoms with Gasteiger partial charge >= 0.3 is 0 Å². The Kier molecular flexibility index (Phi) is 5.15. The van der Waals surface area contributed by atoms with Crippen LogP contribution in [0, 0.1) is 34.8 Å². The van der Waals surface area contributed by atoms with Crippen LogP contribution in [0.3, 0.4) is 0 Å². The summed E-state index contributed by atoms with van der Waals surface area (Å²) in [4.78, 5) is 20.7. The molecule has 1 atom stereocenters. The molecule has 40 heavy (non-hydrogen) atoms. The molecule has 4 aromatic rings. The highest BCUT2D eigenvalue weighted by Crippen LogP contribution is 2.40. The number of rotatable bonds is 2. The Balaban J connectivity index is 1.34. The number of hydrogen-bond donors (Lipinski definition) is 1. The number of aliphatic imine (C=N–C) groups is 3. The predicted molar refractivity (Wildman–Crippen MR) is 144 cm³/mol. The SMILES string of the molecule is N#C/N=C1/c2cc(-c3ccc(F)nc3)ccc2C2=NC3=C(NC21)c1ccc(-c2ccc(F)nc2)cc1/C3=N\C#N. The van der Waals surface area contributed by atoms with Crippen LogP contribution in [0.4, 0.5) is 8.78 Å². The molecule has 8 nitrogen and oxygen atoms in total. The van der Waals surface area contributed by atoms with Crippen molar-refractivity contribution in [3.63, 3.8) is 0 Å². The minimum Gasteiger partial charge on any atom is -0.369 e. The van der Waals surface area contributed by atoms with E-state index in [0.717, 1.165) is 33.4 Å². The molecule has 188 valence electrons. The molecule has 2 aliphatic carbocycles. The quantitative estimate of drug-likeness (QED) is 0.299. The summed E-state index contributed by atoms with van der Waals surface area (Å²) in [6.45, 7) is 0. The summed E-state index contributed by atoms with van der Waals surface area (Å²) in [7, 11) is 0. The van der Waals surface area contributed by atoms with Crippen molar-refractivity contribution in [3.8, 4) is 34.6 Å². The van der Waals surface area contributed by atoms with Crippen LogP contribution in [0.5, 0.6) is 0 Å². The maximum Gasteiger partial charge on any atom is 0.212 e. The third-order valence-corrected chi connectivity index (χ3v) is 7.10. The van der Waals surface area contributed by atoms with Crippen molar-refractivity contribution in [2.45, 2.75) is 6.04 Å². The van der Waals surface area contributed by atoms with Crippen molar-refractivity contribution >= 4 is 22.8 Å². The largest absolute Gasteiger partial charge is 0.369 e. The van der Waals surface area contributed by atoms with E-state index in [0.29, 0.717) is 39.7 Å². The highest BCUT2D eigenvalue weighted by Gasteiger charge is 2.42. The second kappa shape index (κ2) is 8.86. The standard InChI is InChI=1S/C30H14F2N8/c31-23-7-3-17(11-35-23)15-1-5-19-21(9-15)25(37-13-33)29-27(19)39-30-26(38-14-34)22-10-16(2-6-20(22)28(30)40-29)18-4-8-24(32)36-12-18/h1-12,29,40H/b37-25-,38-26+. The van der Waals surface area contributed by atoms with Gasteiger partial charge in [-0.05, 0) is 47.5 Å². The lowest BCUT2D eigenvalue weighted by Crippen LogP contribution is -2.40. The van der Waals surface area contributed by atoms with E-state index in [1.54, 1.807) is 12.1 Å². The first kappa shape index (κ1) is 23.3. The molecule has 10 heteroatoms. The molecule has 3 aliphatic rings. The van der Waals surface area contributed by atoms with Crippen molar-refractivity contribution in [1.29, 1.82) is 10.5 Å². The molecule has 0 spiro atoms.